The van der Waals surface area contributed by atoms with Gasteiger partial charge in [0, 0.05) is 13.1 Å². The number of methoxy groups -OCH3 is 1. The zero-order valence-electron chi connectivity index (χ0n) is 12.3. The Labute approximate surface area is 130 Å². The lowest BCUT2D eigenvalue weighted by Gasteiger charge is -2.26. The number of benzene rings is 1. The number of ether oxygens (including phenoxy) is 1. The lowest BCUT2D eigenvalue weighted by Crippen LogP contribution is -2.35. The first-order chi connectivity index (χ1) is 10.4. The van der Waals surface area contributed by atoms with Crippen LogP contribution in [-0.4, -0.2) is 38.9 Å². The number of rotatable bonds is 5. The van der Waals surface area contributed by atoms with E-state index in [0.29, 0.717) is 18.7 Å². The van der Waals surface area contributed by atoms with Crippen molar-refractivity contribution in [3.8, 4) is 5.75 Å². The third-order valence-corrected chi connectivity index (χ3v) is 5.45. The number of sulfonamides is 1. The summed E-state index contributed by atoms with van der Waals surface area (Å²) in [6, 6.07) is 4.53. The molecule has 2 rings (SSSR count). The lowest BCUT2D eigenvalue weighted by atomic mass is 10.2. The smallest absolute Gasteiger partial charge is 0.246 e. The number of hydrogen-bond acceptors (Lipinski definition) is 5. The summed E-state index contributed by atoms with van der Waals surface area (Å²) in [7, 11) is -2.25. The molecule has 1 aliphatic rings. The van der Waals surface area contributed by atoms with E-state index in [9.17, 15) is 18.3 Å². The Morgan fingerprint density at radius 3 is 2.55 bits per heavy atom. The van der Waals surface area contributed by atoms with E-state index >= 15 is 0 Å². The van der Waals surface area contributed by atoms with Crippen molar-refractivity contribution in [1.29, 1.82) is 0 Å². The van der Waals surface area contributed by atoms with Crippen LogP contribution in [0.1, 0.15) is 24.8 Å². The molecule has 1 saturated heterocycles. The quantitative estimate of drug-likeness (QED) is 0.742. The fourth-order valence-corrected chi connectivity index (χ4v) is 4.11. The Bertz CT molecular complexity index is 675. The highest BCUT2D eigenvalue weighted by molar-refractivity contribution is 7.89. The molecule has 0 unspecified atom stereocenters. The van der Waals surface area contributed by atoms with Gasteiger partial charge in [0.15, 0.2) is 0 Å². The molecule has 0 aliphatic carbocycles. The number of carboxylic acid groups (broad SMARTS) is 1. The molecule has 0 atom stereocenters. The van der Waals surface area contributed by atoms with Crippen molar-refractivity contribution >= 4 is 22.1 Å². The maximum atomic E-state index is 12.8. The summed E-state index contributed by atoms with van der Waals surface area (Å²) in [6.45, 7) is 0.981. The van der Waals surface area contributed by atoms with Gasteiger partial charge in [-0.2, -0.15) is 4.31 Å². The Hall–Kier alpha value is -1.86. The van der Waals surface area contributed by atoms with Gasteiger partial charge in [0.1, 0.15) is 10.6 Å². The highest BCUT2D eigenvalue weighted by Crippen LogP contribution is 2.29. The molecule has 1 aromatic rings. The first-order valence-corrected chi connectivity index (χ1v) is 8.46. The van der Waals surface area contributed by atoms with E-state index in [4.69, 9.17) is 4.74 Å². The minimum atomic E-state index is -3.65. The maximum Gasteiger partial charge on any atom is 0.246 e. The molecule has 1 fully saturated rings. The Morgan fingerprint density at radius 2 is 1.95 bits per heavy atom. The second kappa shape index (κ2) is 6.93. The summed E-state index contributed by atoms with van der Waals surface area (Å²) in [5.74, 6) is -1.09. The molecular formula is C15H18NO5S-. The average Bonchev–Trinajstić information content (AvgIpc) is 2.53. The monoisotopic (exact) mass is 324 g/mol. The van der Waals surface area contributed by atoms with E-state index in [1.54, 1.807) is 6.07 Å². The van der Waals surface area contributed by atoms with Crippen LogP contribution in [0.25, 0.3) is 6.08 Å². The molecule has 1 aliphatic heterocycles. The fraction of sp³-hybridized carbons (Fsp3) is 0.400. The molecule has 0 aromatic heterocycles. The van der Waals surface area contributed by atoms with Gasteiger partial charge in [-0.1, -0.05) is 18.6 Å². The van der Waals surface area contributed by atoms with Gasteiger partial charge in [0.25, 0.3) is 0 Å². The number of aliphatic carboxylic acids is 1. The van der Waals surface area contributed by atoms with Crippen molar-refractivity contribution in [3.05, 3.63) is 29.8 Å². The second-order valence-corrected chi connectivity index (χ2v) is 6.93. The van der Waals surface area contributed by atoms with E-state index in [1.165, 1.54) is 29.6 Å². The molecule has 7 heteroatoms. The van der Waals surface area contributed by atoms with Crippen LogP contribution in [0.3, 0.4) is 0 Å². The van der Waals surface area contributed by atoms with Gasteiger partial charge in [-0.25, -0.2) is 8.42 Å². The predicted octanol–water partition coefficient (Wildman–Crippen LogP) is 0.633. The fourth-order valence-electron chi connectivity index (χ4n) is 2.41. The number of piperidine rings is 1. The van der Waals surface area contributed by atoms with Gasteiger partial charge in [-0.3, -0.25) is 0 Å². The zero-order chi connectivity index (χ0) is 16.2. The number of carboxylic acids is 1. The Balaban J connectivity index is 2.42. The summed E-state index contributed by atoms with van der Waals surface area (Å²) in [6.07, 6.45) is 4.86. The van der Waals surface area contributed by atoms with Crippen molar-refractivity contribution in [2.75, 3.05) is 20.2 Å². The molecule has 0 radical (unpaired) electrons. The van der Waals surface area contributed by atoms with Gasteiger partial charge >= 0.3 is 0 Å². The molecular weight excluding hydrogens is 306 g/mol. The molecule has 120 valence electrons. The van der Waals surface area contributed by atoms with E-state index in [1.807, 2.05) is 0 Å². The van der Waals surface area contributed by atoms with Crippen LogP contribution in [0.4, 0.5) is 0 Å². The largest absolute Gasteiger partial charge is 0.545 e. The summed E-state index contributed by atoms with van der Waals surface area (Å²) in [5.41, 5.74) is 0.459. The van der Waals surface area contributed by atoms with E-state index < -0.39 is 16.0 Å². The van der Waals surface area contributed by atoms with E-state index in [0.717, 1.165) is 25.3 Å². The minimum absolute atomic E-state index is 0.0531. The van der Waals surface area contributed by atoms with Crippen LogP contribution >= 0.6 is 0 Å². The van der Waals surface area contributed by atoms with Crippen molar-refractivity contribution in [2.45, 2.75) is 24.2 Å². The Kier molecular flexibility index (Phi) is 5.20. The molecule has 1 heterocycles. The molecule has 0 saturated carbocycles. The minimum Gasteiger partial charge on any atom is -0.545 e. The summed E-state index contributed by atoms with van der Waals surface area (Å²) in [4.78, 5) is 10.5. The standard InChI is InChI=1S/C15H19NO5S/c1-21-13-7-5-12(6-8-15(17)18)11-14(13)22(19,20)16-9-3-2-4-10-16/h5-8,11H,2-4,9-10H2,1H3,(H,17,18)/p-1. The normalized spacial score (nSPS) is 16.8. The third-order valence-electron chi connectivity index (χ3n) is 3.53. The first kappa shape index (κ1) is 16.5. The Morgan fingerprint density at radius 1 is 1.27 bits per heavy atom. The van der Waals surface area contributed by atoms with Crippen LogP contribution < -0.4 is 9.84 Å². The number of hydrogen-bond donors (Lipinski definition) is 0. The average molecular weight is 324 g/mol. The first-order valence-electron chi connectivity index (χ1n) is 7.02. The SMILES string of the molecule is COc1ccc(C=CC(=O)[O-])cc1S(=O)(=O)N1CCCCC1. The predicted molar refractivity (Wildman–Crippen MR) is 79.6 cm³/mol. The van der Waals surface area contributed by atoms with Crippen molar-refractivity contribution in [2.24, 2.45) is 0 Å². The van der Waals surface area contributed by atoms with Gasteiger partial charge < -0.3 is 14.6 Å². The van der Waals surface area contributed by atoms with E-state index in [-0.39, 0.29) is 10.6 Å². The molecule has 0 amide bonds. The number of nitrogens with zero attached hydrogens (tertiary/aromatic N) is 1. The molecule has 22 heavy (non-hydrogen) atoms. The van der Waals surface area contributed by atoms with E-state index in [2.05, 4.69) is 0 Å². The van der Waals surface area contributed by atoms with Crippen molar-refractivity contribution in [1.82, 2.24) is 4.31 Å². The van der Waals surface area contributed by atoms with Crippen LogP contribution in [-0.2, 0) is 14.8 Å². The van der Waals surface area contributed by atoms with Crippen LogP contribution in [0.5, 0.6) is 5.75 Å². The highest BCUT2D eigenvalue weighted by atomic mass is 32.2. The number of carbonyl (C=O) groups is 1. The highest BCUT2D eigenvalue weighted by Gasteiger charge is 2.28. The zero-order valence-corrected chi connectivity index (χ0v) is 13.1. The third kappa shape index (κ3) is 3.66. The van der Waals surface area contributed by atoms with Gasteiger partial charge in [0.2, 0.25) is 10.0 Å². The summed E-state index contributed by atoms with van der Waals surface area (Å²) in [5, 5.41) is 10.5. The van der Waals surface area contributed by atoms with Crippen LogP contribution in [0, 0.1) is 0 Å². The maximum absolute atomic E-state index is 12.8. The second-order valence-electron chi connectivity index (χ2n) is 5.03. The van der Waals surface area contributed by atoms with Gasteiger partial charge in [-0.05, 0) is 36.6 Å². The molecule has 6 nitrogen and oxygen atoms in total. The molecule has 1 aromatic carbocycles. The van der Waals surface area contributed by atoms with Gasteiger partial charge in [-0.15, -0.1) is 0 Å². The topological polar surface area (TPSA) is 86.7 Å². The van der Waals surface area contributed by atoms with Crippen molar-refractivity contribution < 1.29 is 23.1 Å². The molecule has 0 N–H and O–H groups in total. The van der Waals surface area contributed by atoms with Gasteiger partial charge in [0.05, 0.1) is 13.1 Å². The van der Waals surface area contributed by atoms with Crippen LogP contribution in [0.15, 0.2) is 29.2 Å². The number of carbonyl (C=O) groups excluding carboxylic acids is 1. The molecule has 0 spiro atoms. The summed E-state index contributed by atoms with van der Waals surface area (Å²) < 4.78 is 32.1. The molecule has 0 bridgehead atoms. The lowest BCUT2D eigenvalue weighted by molar-refractivity contribution is -0.297. The summed E-state index contributed by atoms with van der Waals surface area (Å²) >= 11 is 0. The van der Waals surface area contributed by atoms with Crippen LogP contribution in [0.2, 0.25) is 0 Å². The van der Waals surface area contributed by atoms with Crippen molar-refractivity contribution in [3.63, 3.8) is 0 Å².